The second-order valence-electron chi connectivity index (χ2n) is 6.36. The molecule has 0 saturated carbocycles. The number of rotatable bonds is 4. The lowest BCUT2D eigenvalue weighted by molar-refractivity contribution is -0.117. The van der Waals surface area contributed by atoms with Crippen LogP contribution < -0.4 is 5.32 Å². The van der Waals surface area contributed by atoms with Crippen molar-refractivity contribution < 1.29 is 4.79 Å². The molecule has 1 amide bonds. The smallest absolute Gasteiger partial charge is 0.238 e. The predicted octanol–water partition coefficient (Wildman–Crippen LogP) is 4.08. The molecule has 1 aliphatic rings. The van der Waals surface area contributed by atoms with Crippen molar-refractivity contribution in [2.75, 3.05) is 25.0 Å². The van der Waals surface area contributed by atoms with E-state index in [0.717, 1.165) is 47.6 Å². The third kappa shape index (κ3) is 4.27. The van der Waals surface area contributed by atoms with E-state index in [1.54, 1.807) is 6.20 Å². The Hall–Kier alpha value is -2.17. The summed E-state index contributed by atoms with van der Waals surface area (Å²) in [5.41, 5.74) is 5.08. The van der Waals surface area contributed by atoms with Gasteiger partial charge >= 0.3 is 0 Å². The van der Waals surface area contributed by atoms with Crippen LogP contribution in [0.1, 0.15) is 23.2 Å². The van der Waals surface area contributed by atoms with Crippen molar-refractivity contribution in [2.24, 2.45) is 0 Å². The molecule has 130 valence electrons. The number of carbonyl (C=O) groups excluding carboxylic acids is 1. The Kier molecular flexibility index (Phi) is 5.51. The number of halogens is 1. The number of hydrogen-bond donors (Lipinski definition) is 1. The highest BCUT2D eigenvalue weighted by Crippen LogP contribution is 2.26. The van der Waals surface area contributed by atoms with Crippen LogP contribution in [0.4, 0.5) is 5.69 Å². The van der Waals surface area contributed by atoms with Crippen LogP contribution in [-0.4, -0.2) is 35.4 Å². The number of aryl methyl sites for hydroxylation is 2. The van der Waals surface area contributed by atoms with Crippen molar-refractivity contribution in [1.82, 2.24) is 9.88 Å². The molecule has 0 atom stereocenters. The normalized spacial score (nSPS) is 14.9. The third-order valence-electron chi connectivity index (χ3n) is 4.47. The predicted molar refractivity (Wildman–Crippen MR) is 103 cm³/mol. The van der Waals surface area contributed by atoms with Gasteiger partial charge in [0.2, 0.25) is 5.91 Å². The first-order valence-electron chi connectivity index (χ1n) is 8.43. The molecule has 1 aromatic heterocycles. The number of amides is 1. The first-order chi connectivity index (χ1) is 12.0. The fourth-order valence-electron chi connectivity index (χ4n) is 3.09. The Bertz CT molecular complexity index is 796. The van der Waals surface area contributed by atoms with Crippen LogP contribution >= 0.6 is 11.6 Å². The fourth-order valence-corrected chi connectivity index (χ4v) is 3.33. The minimum atomic E-state index is 0.0186. The van der Waals surface area contributed by atoms with Crippen LogP contribution in [0.25, 0.3) is 5.57 Å². The number of hydrogen-bond acceptors (Lipinski definition) is 3. The monoisotopic (exact) mass is 355 g/mol. The van der Waals surface area contributed by atoms with E-state index < -0.39 is 0 Å². The van der Waals surface area contributed by atoms with E-state index in [0.29, 0.717) is 11.6 Å². The van der Waals surface area contributed by atoms with E-state index in [1.165, 1.54) is 0 Å². The Labute approximate surface area is 153 Å². The fraction of sp³-hybridized carbons (Fsp3) is 0.300. The van der Waals surface area contributed by atoms with Gasteiger partial charge in [-0.15, -0.1) is 0 Å². The van der Waals surface area contributed by atoms with E-state index in [-0.39, 0.29) is 5.91 Å². The Morgan fingerprint density at radius 1 is 1.24 bits per heavy atom. The van der Waals surface area contributed by atoms with Crippen molar-refractivity contribution >= 4 is 28.8 Å². The highest BCUT2D eigenvalue weighted by Gasteiger charge is 2.18. The number of para-hydroxylation sites is 1. The standard InChI is InChI=1S/C20H22ClN3O/c1-14-5-3-6-15(2)19(14)23-18(25)13-24-11-8-16(9-12-24)20-17(21)7-4-10-22-20/h3-8,10H,9,11-13H2,1-2H3,(H,23,25). The van der Waals surface area contributed by atoms with Gasteiger partial charge in [-0.05, 0) is 49.1 Å². The molecule has 0 fully saturated rings. The average molecular weight is 356 g/mol. The minimum absolute atomic E-state index is 0.0186. The van der Waals surface area contributed by atoms with Crippen LogP contribution in [0.5, 0.6) is 0 Å². The van der Waals surface area contributed by atoms with Gasteiger partial charge in [0.1, 0.15) is 0 Å². The molecular formula is C20H22ClN3O. The number of nitrogens with one attached hydrogen (secondary N) is 1. The van der Waals surface area contributed by atoms with Gasteiger partial charge in [-0.2, -0.15) is 0 Å². The van der Waals surface area contributed by atoms with Gasteiger partial charge in [-0.25, -0.2) is 0 Å². The van der Waals surface area contributed by atoms with Crippen molar-refractivity contribution in [3.05, 3.63) is 64.4 Å². The molecule has 0 bridgehead atoms. The van der Waals surface area contributed by atoms with E-state index >= 15 is 0 Å². The molecule has 0 unspecified atom stereocenters. The summed E-state index contributed by atoms with van der Waals surface area (Å²) in [5.74, 6) is 0.0186. The number of nitrogens with zero attached hydrogens (tertiary/aromatic N) is 2. The topological polar surface area (TPSA) is 45.2 Å². The summed E-state index contributed by atoms with van der Waals surface area (Å²) in [4.78, 5) is 18.9. The SMILES string of the molecule is Cc1cccc(C)c1NC(=O)CN1CC=C(c2ncccc2Cl)CC1. The van der Waals surface area contributed by atoms with E-state index in [1.807, 2.05) is 44.2 Å². The Balaban J connectivity index is 1.60. The summed E-state index contributed by atoms with van der Waals surface area (Å²) >= 11 is 6.22. The van der Waals surface area contributed by atoms with Crippen molar-refractivity contribution in [3.8, 4) is 0 Å². The van der Waals surface area contributed by atoms with E-state index in [9.17, 15) is 4.79 Å². The minimum Gasteiger partial charge on any atom is -0.324 e. The van der Waals surface area contributed by atoms with Gasteiger partial charge in [0.05, 0.1) is 17.3 Å². The summed E-state index contributed by atoms with van der Waals surface area (Å²) in [5, 5.41) is 3.72. The van der Waals surface area contributed by atoms with Gasteiger partial charge in [-0.3, -0.25) is 14.7 Å². The number of benzene rings is 1. The molecule has 5 heteroatoms. The van der Waals surface area contributed by atoms with Crippen LogP contribution in [0.2, 0.25) is 5.02 Å². The maximum absolute atomic E-state index is 12.4. The molecule has 4 nitrogen and oxygen atoms in total. The van der Waals surface area contributed by atoms with Gasteiger partial charge < -0.3 is 5.32 Å². The Morgan fingerprint density at radius 3 is 2.64 bits per heavy atom. The zero-order valence-electron chi connectivity index (χ0n) is 14.6. The summed E-state index contributed by atoms with van der Waals surface area (Å²) in [6.07, 6.45) is 4.71. The molecule has 0 aliphatic carbocycles. The number of pyridine rings is 1. The maximum Gasteiger partial charge on any atom is 0.238 e. The largest absolute Gasteiger partial charge is 0.324 e. The number of carbonyl (C=O) groups is 1. The molecule has 1 aromatic carbocycles. The molecule has 1 aliphatic heterocycles. The van der Waals surface area contributed by atoms with Gasteiger partial charge in [0.25, 0.3) is 0 Å². The van der Waals surface area contributed by atoms with Crippen molar-refractivity contribution in [2.45, 2.75) is 20.3 Å². The van der Waals surface area contributed by atoms with Crippen molar-refractivity contribution in [3.63, 3.8) is 0 Å². The van der Waals surface area contributed by atoms with Crippen LogP contribution in [0.15, 0.2) is 42.6 Å². The first kappa shape index (κ1) is 17.6. The van der Waals surface area contributed by atoms with Crippen LogP contribution in [0.3, 0.4) is 0 Å². The summed E-state index contributed by atoms with van der Waals surface area (Å²) in [6.45, 7) is 5.94. The van der Waals surface area contributed by atoms with Crippen LogP contribution in [0, 0.1) is 13.8 Å². The zero-order valence-corrected chi connectivity index (χ0v) is 15.3. The molecule has 0 spiro atoms. The Morgan fingerprint density at radius 2 is 2.00 bits per heavy atom. The maximum atomic E-state index is 12.4. The van der Waals surface area contributed by atoms with Crippen LogP contribution in [-0.2, 0) is 4.79 Å². The summed E-state index contributed by atoms with van der Waals surface area (Å²) < 4.78 is 0. The second-order valence-corrected chi connectivity index (χ2v) is 6.77. The lowest BCUT2D eigenvalue weighted by Crippen LogP contribution is -2.36. The number of anilines is 1. The highest BCUT2D eigenvalue weighted by atomic mass is 35.5. The zero-order chi connectivity index (χ0) is 17.8. The second kappa shape index (κ2) is 7.81. The molecule has 1 N–H and O–H groups in total. The van der Waals surface area contributed by atoms with Gasteiger partial charge in [0.15, 0.2) is 0 Å². The number of aromatic nitrogens is 1. The molecule has 0 saturated heterocycles. The first-order valence-corrected chi connectivity index (χ1v) is 8.80. The highest BCUT2D eigenvalue weighted by molar-refractivity contribution is 6.32. The average Bonchev–Trinajstić information content (AvgIpc) is 2.60. The third-order valence-corrected chi connectivity index (χ3v) is 4.77. The molecule has 3 rings (SSSR count). The summed E-state index contributed by atoms with van der Waals surface area (Å²) in [7, 11) is 0. The van der Waals surface area contributed by atoms with E-state index in [2.05, 4.69) is 21.3 Å². The molecule has 2 aromatic rings. The van der Waals surface area contributed by atoms with Gasteiger partial charge in [0, 0.05) is 25.0 Å². The quantitative estimate of drug-likeness (QED) is 0.898. The summed E-state index contributed by atoms with van der Waals surface area (Å²) in [6, 6.07) is 9.71. The molecule has 2 heterocycles. The molecular weight excluding hydrogens is 334 g/mol. The lowest BCUT2D eigenvalue weighted by Gasteiger charge is -2.26. The molecule has 25 heavy (non-hydrogen) atoms. The molecule has 0 radical (unpaired) electrons. The van der Waals surface area contributed by atoms with Gasteiger partial charge in [-0.1, -0.05) is 35.9 Å². The lowest BCUT2D eigenvalue weighted by atomic mass is 10.0. The van der Waals surface area contributed by atoms with E-state index in [4.69, 9.17) is 11.6 Å². The van der Waals surface area contributed by atoms with Crippen molar-refractivity contribution in [1.29, 1.82) is 0 Å².